The van der Waals surface area contributed by atoms with E-state index < -0.39 is 66.5 Å². The van der Waals surface area contributed by atoms with Crippen molar-refractivity contribution in [1.82, 2.24) is 16.0 Å². The smallest absolute Gasteiger partial charge is 0.328 e. The predicted molar refractivity (Wildman–Crippen MR) is 102 cm³/mol. The van der Waals surface area contributed by atoms with E-state index in [1.807, 2.05) is 5.32 Å². The van der Waals surface area contributed by atoms with Crippen molar-refractivity contribution in [3.8, 4) is 0 Å². The number of aliphatic hydroxyl groups excluding tert-OH is 2. The SMILES string of the molecule is CC(O)C(NC(=O)C(CCC(N)=O)NC(=O)C(CO)NC(=O)C(N)CS)C(=O)O. The van der Waals surface area contributed by atoms with Crippen LogP contribution in [0.15, 0.2) is 0 Å². The van der Waals surface area contributed by atoms with Gasteiger partial charge >= 0.3 is 5.97 Å². The number of rotatable bonds is 13. The van der Waals surface area contributed by atoms with Gasteiger partial charge in [-0.25, -0.2) is 4.79 Å². The van der Waals surface area contributed by atoms with Gasteiger partial charge in [0, 0.05) is 12.2 Å². The van der Waals surface area contributed by atoms with Crippen LogP contribution in [0.25, 0.3) is 0 Å². The summed E-state index contributed by atoms with van der Waals surface area (Å²) in [6.45, 7) is 0.310. The minimum absolute atomic E-state index is 0.0227. The lowest BCUT2D eigenvalue weighted by molar-refractivity contribution is -0.145. The van der Waals surface area contributed by atoms with E-state index in [2.05, 4.69) is 23.3 Å². The molecule has 13 nitrogen and oxygen atoms in total. The molecule has 5 unspecified atom stereocenters. The predicted octanol–water partition coefficient (Wildman–Crippen LogP) is -4.58. The molecule has 0 bridgehead atoms. The Bertz CT molecular complexity index is 618. The van der Waals surface area contributed by atoms with E-state index in [0.29, 0.717) is 0 Å². The standard InChI is InChI=1S/C15H27N5O8S/c1-6(22)11(15(27)28)20-13(25)8(2-3-10(17)23)18-14(26)9(4-21)19-12(24)7(16)5-29/h6-9,11,21-22,29H,2-5,16H2,1H3,(H2,17,23)(H,18,26)(H,19,24)(H,20,25)(H,27,28). The van der Waals surface area contributed by atoms with E-state index in [0.717, 1.165) is 6.92 Å². The minimum Gasteiger partial charge on any atom is -0.480 e. The van der Waals surface area contributed by atoms with Crippen LogP contribution in [0.1, 0.15) is 19.8 Å². The topological polar surface area (TPSA) is 234 Å². The highest BCUT2D eigenvalue weighted by Gasteiger charge is 2.31. The Labute approximate surface area is 172 Å². The number of nitrogens with one attached hydrogen (secondary N) is 3. The number of amides is 4. The lowest BCUT2D eigenvalue weighted by Gasteiger charge is -2.24. The summed E-state index contributed by atoms with van der Waals surface area (Å²) in [4.78, 5) is 58.6. The number of carbonyl (C=O) groups excluding carboxylic acids is 4. The summed E-state index contributed by atoms with van der Waals surface area (Å²) in [5.41, 5.74) is 10.5. The van der Waals surface area contributed by atoms with Gasteiger partial charge in [-0.1, -0.05) is 0 Å². The van der Waals surface area contributed by atoms with E-state index in [1.54, 1.807) is 0 Å². The summed E-state index contributed by atoms with van der Waals surface area (Å²) >= 11 is 3.84. The van der Waals surface area contributed by atoms with E-state index in [4.69, 9.17) is 16.6 Å². The van der Waals surface area contributed by atoms with E-state index in [9.17, 15) is 34.2 Å². The summed E-state index contributed by atoms with van der Waals surface area (Å²) in [6.07, 6.45) is -2.07. The average molecular weight is 437 g/mol. The zero-order valence-corrected chi connectivity index (χ0v) is 16.6. The maximum Gasteiger partial charge on any atom is 0.328 e. The normalized spacial score (nSPS) is 15.9. The largest absolute Gasteiger partial charge is 0.480 e. The van der Waals surface area contributed by atoms with Crippen molar-refractivity contribution >= 4 is 42.2 Å². The van der Waals surface area contributed by atoms with E-state index in [-0.39, 0.29) is 18.6 Å². The second-order valence-electron chi connectivity index (χ2n) is 6.16. The third-order valence-electron chi connectivity index (χ3n) is 3.71. The van der Waals surface area contributed by atoms with Crippen LogP contribution in [0.2, 0.25) is 0 Å². The number of carboxylic acids is 1. The van der Waals surface area contributed by atoms with Crippen LogP contribution >= 0.6 is 12.6 Å². The first-order valence-electron chi connectivity index (χ1n) is 8.52. The first-order chi connectivity index (χ1) is 13.4. The maximum atomic E-state index is 12.4. The highest BCUT2D eigenvalue weighted by Crippen LogP contribution is 2.02. The molecule has 5 atom stereocenters. The summed E-state index contributed by atoms with van der Waals surface area (Å²) in [5.74, 6) is -5.09. The first kappa shape index (κ1) is 26.6. The zero-order chi connectivity index (χ0) is 22.7. The molecule has 0 aromatic carbocycles. The Kier molecular flexibility index (Phi) is 11.8. The molecule has 14 heteroatoms. The molecule has 0 aliphatic rings. The van der Waals surface area contributed by atoms with Crippen LogP contribution in [0.3, 0.4) is 0 Å². The van der Waals surface area contributed by atoms with Gasteiger partial charge in [0.1, 0.15) is 12.1 Å². The van der Waals surface area contributed by atoms with Crippen molar-refractivity contribution in [2.75, 3.05) is 12.4 Å². The Hall–Kier alpha value is -2.42. The van der Waals surface area contributed by atoms with Gasteiger partial charge in [-0.15, -0.1) is 0 Å². The molecule has 0 radical (unpaired) electrons. The Morgan fingerprint density at radius 2 is 1.52 bits per heavy atom. The molecule has 0 aliphatic heterocycles. The van der Waals surface area contributed by atoms with Crippen molar-refractivity contribution in [2.45, 2.75) is 50.0 Å². The number of thiol groups is 1. The molecule has 0 rings (SSSR count). The van der Waals surface area contributed by atoms with Crippen LogP contribution in [0, 0.1) is 0 Å². The number of aliphatic carboxylic acids is 1. The fraction of sp³-hybridized carbons (Fsp3) is 0.667. The number of hydrogen-bond donors (Lipinski definition) is 9. The van der Waals surface area contributed by atoms with Crippen LogP contribution in [0.5, 0.6) is 0 Å². The van der Waals surface area contributed by atoms with Gasteiger partial charge in [0.25, 0.3) is 0 Å². The quantitative estimate of drug-likeness (QED) is 0.126. The number of carbonyl (C=O) groups is 5. The van der Waals surface area contributed by atoms with Crippen molar-refractivity contribution < 1.29 is 39.3 Å². The summed E-state index contributed by atoms with van der Waals surface area (Å²) in [5, 5.41) is 34.2. The summed E-state index contributed by atoms with van der Waals surface area (Å²) in [7, 11) is 0. The van der Waals surface area contributed by atoms with Crippen molar-refractivity contribution in [2.24, 2.45) is 11.5 Å². The zero-order valence-electron chi connectivity index (χ0n) is 15.7. The lowest BCUT2D eigenvalue weighted by atomic mass is 10.1. The van der Waals surface area contributed by atoms with E-state index >= 15 is 0 Å². The first-order valence-corrected chi connectivity index (χ1v) is 9.15. The monoisotopic (exact) mass is 437 g/mol. The second kappa shape index (κ2) is 12.9. The number of hydrogen-bond acceptors (Lipinski definition) is 9. The molecule has 29 heavy (non-hydrogen) atoms. The molecule has 166 valence electrons. The Morgan fingerprint density at radius 1 is 1.00 bits per heavy atom. The molecule has 0 aromatic rings. The number of aliphatic hydroxyl groups is 2. The molecule has 0 saturated carbocycles. The highest BCUT2D eigenvalue weighted by atomic mass is 32.1. The molecule has 0 saturated heterocycles. The van der Waals surface area contributed by atoms with Gasteiger partial charge in [0.15, 0.2) is 6.04 Å². The number of carboxylic acid groups (broad SMARTS) is 1. The van der Waals surface area contributed by atoms with Gasteiger partial charge in [-0.05, 0) is 13.3 Å². The molecule has 0 heterocycles. The molecular weight excluding hydrogens is 410 g/mol. The molecule has 0 aliphatic carbocycles. The van der Waals surface area contributed by atoms with Gasteiger partial charge < -0.3 is 42.7 Å². The minimum atomic E-state index is -1.67. The van der Waals surface area contributed by atoms with E-state index in [1.165, 1.54) is 0 Å². The maximum absolute atomic E-state index is 12.4. The molecule has 0 aromatic heterocycles. The molecule has 0 fully saturated rings. The molecule has 4 amide bonds. The lowest BCUT2D eigenvalue weighted by Crippen LogP contribution is -2.59. The number of primary amides is 1. The Balaban J connectivity index is 5.30. The molecule has 10 N–H and O–H groups in total. The third-order valence-corrected chi connectivity index (χ3v) is 4.10. The fourth-order valence-electron chi connectivity index (χ4n) is 2.03. The van der Waals surface area contributed by atoms with Crippen LogP contribution in [0.4, 0.5) is 0 Å². The summed E-state index contributed by atoms with van der Waals surface area (Å²) in [6, 6.07) is -5.61. The highest BCUT2D eigenvalue weighted by molar-refractivity contribution is 7.80. The average Bonchev–Trinajstić information content (AvgIpc) is 2.65. The van der Waals surface area contributed by atoms with Crippen molar-refractivity contribution in [3.05, 3.63) is 0 Å². The molecule has 0 spiro atoms. The fourth-order valence-corrected chi connectivity index (χ4v) is 2.19. The second-order valence-corrected chi connectivity index (χ2v) is 6.53. The number of nitrogens with two attached hydrogens (primary N) is 2. The van der Waals surface area contributed by atoms with Crippen LogP contribution in [-0.2, 0) is 24.0 Å². The summed E-state index contributed by atoms with van der Waals surface area (Å²) < 4.78 is 0. The van der Waals surface area contributed by atoms with Crippen LogP contribution in [-0.4, -0.2) is 87.5 Å². The van der Waals surface area contributed by atoms with Gasteiger partial charge in [-0.2, -0.15) is 12.6 Å². The van der Waals surface area contributed by atoms with Gasteiger partial charge in [0.05, 0.1) is 18.8 Å². The van der Waals surface area contributed by atoms with Gasteiger partial charge in [0.2, 0.25) is 23.6 Å². The van der Waals surface area contributed by atoms with Gasteiger partial charge in [-0.3, -0.25) is 19.2 Å². The van der Waals surface area contributed by atoms with Crippen LogP contribution < -0.4 is 27.4 Å². The van der Waals surface area contributed by atoms with Crippen molar-refractivity contribution in [3.63, 3.8) is 0 Å². The Morgan fingerprint density at radius 3 is 1.93 bits per heavy atom. The third kappa shape index (κ3) is 9.56. The van der Waals surface area contributed by atoms with Crippen molar-refractivity contribution in [1.29, 1.82) is 0 Å². The molecular formula is C15H27N5O8S.